The zero-order valence-corrected chi connectivity index (χ0v) is 20.2. The smallest absolute Gasteiger partial charge is 0.113 e. The molecule has 0 saturated carbocycles. The summed E-state index contributed by atoms with van der Waals surface area (Å²) in [6.07, 6.45) is 3.21. The molecule has 5 rings (SSSR count). The molecule has 0 unspecified atom stereocenters. The summed E-state index contributed by atoms with van der Waals surface area (Å²) in [6.45, 7) is 0. The summed E-state index contributed by atoms with van der Waals surface area (Å²) in [7, 11) is 1.50. The van der Waals surface area contributed by atoms with E-state index in [1.807, 2.05) is 48.5 Å². The molecule has 0 bridgehead atoms. The summed E-state index contributed by atoms with van der Waals surface area (Å²) in [6, 6.07) is 23.0. The van der Waals surface area contributed by atoms with Gasteiger partial charge in [0.05, 0.1) is 18.6 Å². The molecule has 173 valence electrons. The van der Waals surface area contributed by atoms with Crippen LogP contribution in [0.4, 0.5) is 8.78 Å². The van der Waals surface area contributed by atoms with Gasteiger partial charge in [-0.3, -0.25) is 18.9 Å². The summed E-state index contributed by atoms with van der Waals surface area (Å²) >= 11 is 0. The Bertz CT molecular complexity index is 1280. The number of aromatic nitrogens is 5. The van der Waals surface area contributed by atoms with E-state index < -0.39 is 11.6 Å². The summed E-state index contributed by atoms with van der Waals surface area (Å²) in [5.74, 6) is 0.391. The maximum atomic E-state index is 13.4. The van der Waals surface area contributed by atoms with Crippen molar-refractivity contribution in [2.45, 2.75) is 0 Å². The Balaban J connectivity index is 0.000000186. The van der Waals surface area contributed by atoms with Crippen LogP contribution in [0.5, 0.6) is 5.75 Å². The van der Waals surface area contributed by atoms with E-state index in [1.165, 1.54) is 13.3 Å². The van der Waals surface area contributed by atoms with Crippen LogP contribution in [0.25, 0.3) is 34.2 Å². The Morgan fingerprint density at radius 3 is 2.35 bits per heavy atom. The zero-order chi connectivity index (χ0) is 23.0. The van der Waals surface area contributed by atoms with Gasteiger partial charge in [0.2, 0.25) is 0 Å². The molecular weight excluding hydrogens is 617 g/mol. The van der Waals surface area contributed by atoms with Crippen molar-refractivity contribution >= 4 is 0 Å². The van der Waals surface area contributed by atoms with Crippen LogP contribution in [0.15, 0.2) is 85.2 Å². The van der Waals surface area contributed by atoms with Gasteiger partial charge in [-0.15, -0.1) is 12.1 Å². The molecule has 0 aliphatic carbocycles. The molecule has 9 heteroatoms. The van der Waals surface area contributed by atoms with Crippen LogP contribution in [0.2, 0.25) is 0 Å². The summed E-state index contributed by atoms with van der Waals surface area (Å²) in [5.41, 5.74) is 2.18. The van der Waals surface area contributed by atoms with Crippen LogP contribution < -0.4 is 9.84 Å². The molecule has 2 aromatic carbocycles. The summed E-state index contributed by atoms with van der Waals surface area (Å²) in [5, 5.41) is 8.10. The van der Waals surface area contributed by atoms with Gasteiger partial charge in [0.25, 0.3) is 0 Å². The van der Waals surface area contributed by atoms with Crippen molar-refractivity contribution in [3.05, 3.63) is 103 Å². The number of methoxy groups -OCH3 is 1. The average molecular weight is 634 g/mol. The molecule has 34 heavy (non-hydrogen) atoms. The molecule has 1 radical (unpaired) electrons. The van der Waals surface area contributed by atoms with E-state index in [9.17, 15) is 8.78 Å². The summed E-state index contributed by atoms with van der Waals surface area (Å²) < 4.78 is 31.1. The molecule has 0 aliphatic heterocycles. The van der Waals surface area contributed by atoms with E-state index in [2.05, 4.69) is 31.2 Å². The zero-order valence-electron chi connectivity index (χ0n) is 17.8. The van der Waals surface area contributed by atoms with Crippen molar-refractivity contribution in [3.63, 3.8) is 0 Å². The van der Waals surface area contributed by atoms with Gasteiger partial charge in [-0.2, -0.15) is 0 Å². The molecule has 0 aliphatic rings. The number of ether oxygens (including phenoxy) is 1. The maximum Gasteiger partial charge on any atom is 0.113 e. The quantitative estimate of drug-likeness (QED) is 0.260. The molecule has 0 amide bonds. The first-order chi connectivity index (χ1) is 16.1. The fourth-order valence-electron chi connectivity index (χ4n) is 2.87. The minimum absolute atomic E-state index is 0. The second-order valence-electron chi connectivity index (χ2n) is 6.66. The van der Waals surface area contributed by atoms with E-state index in [0.29, 0.717) is 23.1 Å². The van der Waals surface area contributed by atoms with Crippen LogP contribution in [-0.4, -0.2) is 27.2 Å². The van der Waals surface area contributed by atoms with Gasteiger partial charge in [0, 0.05) is 44.1 Å². The molecule has 0 N–H and O–H groups in total. The van der Waals surface area contributed by atoms with E-state index in [1.54, 1.807) is 18.3 Å². The third kappa shape index (κ3) is 6.15. The molecule has 0 spiro atoms. The monoisotopic (exact) mass is 634 g/mol. The van der Waals surface area contributed by atoms with E-state index >= 15 is 0 Å². The predicted molar refractivity (Wildman–Crippen MR) is 119 cm³/mol. The van der Waals surface area contributed by atoms with Crippen LogP contribution in [0.3, 0.4) is 0 Å². The molecule has 5 aromatic rings. The first-order valence-electron chi connectivity index (χ1n) is 9.85. The third-order valence-electron chi connectivity index (χ3n) is 4.46. The Hall–Kier alpha value is -3.81. The Kier molecular flexibility index (Phi) is 8.67. The molecule has 3 aromatic heterocycles. The minimum atomic E-state index is -0.694. The molecule has 0 atom stereocenters. The number of hydrogen-bond acceptors (Lipinski definition) is 5. The molecule has 6 nitrogen and oxygen atoms in total. The maximum absolute atomic E-state index is 13.4. The Morgan fingerprint density at radius 2 is 1.65 bits per heavy atom. The van der Waals surface area contributed by atoms with Crippen LogP contribution in [-0.2, 0) is 20.1 Å². The molecule has 0 saturated heterocycles. The third-order valence-corrected chi connectivity index (χ3v) is 4.46. The topological polar surface area (TPSA) is 74.9 Å². The second kappa shape index (κ2) is 11.9. The first kappa shape index (κ1) is 24.8. The van der Waals surface area contributed by atoms with Crippen LogP contribution in [0, 0.1) is 17.7 Å². The van der Waals surface area contributed by atoms with Crippen molar-refractivity contribution in [2.24, 2.45) is 0 Å². The van der Waals surface area contributed by atoms with Crippen molar-refractivity contribution in [1.29, 1.82) is 0 Å². The minimum Gasteiger partial charge on any atom is -0.497 e. The number of rotatable bonds is 4. The number of benzene rings is 2. The number of hydrogen-bond donors (Lipinski definition) is 0. The van der Waals surface area contributed by atoms with Gasteiger partial charge in [0.15, 0.2) is 0 Å². The molecule has 0 fully saturated rings. The fraction of sp³-hybridized carbons (Fsp3) is 0.0400. The largest absolute Gasteiger partial charge is 0.497 e. The van der Waals surface area contributed by atoms with E-state index in [4.69, 9.17) is 4.74 Å². The van der Waals surface area contributed by atoms with Gasteiger partial charge in [-0.25, -0.2) is 0 Å². The number of halogens is 2. The SMILES string of the molecule is COc1ccnc(-c2[c-]cc(F)cc2F)c1.[Ir].c1ccc(-c2n[n-]c(-c3ccccn3)n2)cc1. The van der Waals surface area contributed by atoms with Crippen molar-refractivity contribution in [3.8, 4) is 39.9 Å². The first-order valence-corrected chi connectivity index (χ1v) is 9.85. The standard InChI is InChI=1S/C13H9N4.C12H8F2NO.Ir/c1-2-6-10(7-3-1)12-15-13(17-16-12)11-8-4-5-9-14-11;1-16-9-4-5-15-12(7-9)10-3-2-8(13)6-11(10)14;/h1-9H;2,4-7H,1H3;/q2*-1;. The van der Waals surface area contributed by atoms with Crippen LogP contribution in [0.1, 0.15) is 0 Å². The summed E-state index contributed by atoms with van der Waals surface area (Å²) in [4.78, 5) is 12.5. The van der Waals surface area contributed by atoms with Gasteiger partial charge >= 0.3 is 0 Å². The number of nitrogens with zero attached hydrogens (tertiary/aromatic N) is 5. The van der Waals surface area contributed by atoms with E-state index in [0.717, 1.165) is 23.4 Å². The van der Waals surface area contributed by atoms with Crippen molar-refractivity contribution in [1.82, 2.24) is 25.1 Å². The van der Waals surface area contributed by atoms with Gasteiger partial charge in [0.1, 0.15) is 5.75 Å². The van der Waals surface area contributed by atoms with Crippen molar-refractivity contribution in [2.75, 3.05) is 7.11 Å². The fourth-order valence-corrected chi connectivity index (χ4v) is 2.87. The molecule has 3 heterocycles. The van der Waals surface area contributed by atoms with Gasteiger partial charge in [-0.1, -0.05) is 48.0 Å². The Labute approximate surface area is 208 Å². The number of pyridine rings is 2. The van der Waals surface area contributed by atoms with Gasteiger partial charge < -0.3 is 19.8 Å². The van der Waals surface area contributed by atoms with Crippen molar-refractivity contribution < 1.29 is 33.6 Å². The Morgan fingerprint density at radius 1 is 0.882 bits per heavy atom. The normalized spacial score (nSPS) is 9.97. The van der Waals surface area contributed by atoms with E-state index in [-0.39, 0.29) is 25.7 Å². The molecular formula is C25H17F2IrN5O-2. The van der Waals surface area contributed by atoms with Crippen LogP contribution >= 0.6 is 0 Å². The average Bonchev–Trinajstić information content (AvgIpc) is 3.36. The van der Waals surface area contributed by atoms with Gasteiger partial charge in [-0.05, 0) is 41.3 Å². The predicted octanol–water partition coefficient (Wildman–Crippen LogP) is 5.00. The second-order valence-corrected chi connectivity index (χ2v) is 6.66.